The molecule has 138 valence electrons. The van der Waals surface area contributed by atoms with Gasteiger partial charge in [0.1, 0.15) is 0 Å². The Balaban J connectivity index is 1.40. The first-order chi connectivity index (χ1) is 12.2. The van der Waals surface area contributed by atoms with Gasteiger partial charge in [-0.3, -0.25) is 9.69 Å². The summed E-state index contributed by atoms with van der Waals surface area (Å²) in [6.45, 7) is 3.85. The molecule has 3 atom stereocenters. The van der Waals surface area contributed by atoms with E-state index in [9.17, 15) is 9.90 Å². The second-order valence-electron chi connectivity index (χ2n) is 7.33. The number of nitrogens with zero attached hydrogens (tertiary/aromatic N) is 1. The lowest BCUT2D eigenvalue weighted by Crippen LogP contribution is -2.45. The number of aliphatic hydroxyl groups is 1. The Kier molecular flexibility index (Phi) is 6.84. The molecule has 1 saturated heterocycles. The smallest absolute Gasteiger partial charge is 0.222 e. The van der Waals surface area contributed by atoms with Crippen molar-refractivity contribution in [1.29, 1.82) is 0 Å². The summed E-state index contributed by atoms with van der Waals surface area (Å²) in [7, 11) is 0. The second-order valence-corrected chi connectivity index (χ2v) is 7.33. The van der Waals surface area contributed by atoms with E-state index < -0.39 is 0 Å². The molecule has 1 aliphatic carbocycles. The van der Waals surface area contributed by atoms with Crippen LogP contribution in [0.5, 0.6) is 0 Å². The van der Waals surface area contributed by atoms with Crippen molar-refractivity contribution in [2.45, 2.75) is 50.9 Å². The number of carbonyl (C=O) groups excluding carboxylic acids is 1. The third-order valence-corrected chi connectivity index (χ3v) is 5.32. The summed E-state index contributed by atoms with van der Waals surface area (Å²) in [6.07, 6.45) is 4.20. The van der Waals surface area contributed by atoms with Crippen molar-refractivity contribution in [3.8, 4) is 0 Å². The lowest BCUT2D eigenvalue weighted by molar-refractivity contribution is -0.126. The molecule has 25 heavy (non-hydrogen) atoms. The fourth-order valence-corrected chi connectivity index (χ4v) is 3.84. The predicted molar refractivity (Wildman–Crippen MR) is 97.1 cm³/mol. The molecule has 0 radical (unpaired) electrons. The SMILES string of the molecule is O=C(C[C@@H]1CN(Cc2ccccc2)CCO1)NC[C@@H]1CCCC[C@H]1O. The van der Waals surface area contributed by atoms with Crippen LogP contribution in [0.3, 0.4) is 0 Å². The maximum absolute atomic E-state index is 12.2. The van der Waals surface area contributed by atoms with Crippen LogP contribution in [0.25, 0.3) is 0 Å². The van der Waals surface area contributed by atoms with Crippen molar-refractivity contribution in [2.24, 2.45) is 5.92 Å². The molecule has 1 saturated carbocycles. The number of aliphatic hydroxyl groups excluding tert-OH is 1. The summed E-state index contributed by atoms with van der Waals surface area (Å²) >= 11 is 0. The molecule has 2 fully saturated rings. The molecule has 1 heterocycles. The zero-order valence-electron chi connectivity index (χ0n) is 14.9. The summed E-state index contributed by atoms with van der Waals surface area (Å²) in [4.78, 5) is 14.6. The van der Waals surface area contributed by atoms with E-state index in [-0.39, 0.29) is 24.0 Å². The molecular formula is C20H30N2O3. The van der Waals surface area contributed by atoms with Crippen LogP contribution in [0.1, 0.15) is 37.7 Å². The largest absolute Gasteiger partial charge is 0.393 e. The number of hydrogen-bond donors (Lipinski definition) is 2. The number of ether oxygens (including phenoxy) is 1. The highest BCUT2D eigenvalue weighted by atomic mass is 16.5. The minimum absolute atomic E-state index is 0.0318. The molecular weight excluding hydrogens is 316 g/mol. The van der Waals surface area contributed by atoms with Crippen LogP contribution in [-0.4, -0.2) is 54.4 Å². The highest BCUT2D eigenvalue weighted by molar-refractivity contribution is 5.76. The highest BCUT2D eigenvalue weighted by Crippen LogP contribution is 2.23. The van der Waals surface area contributed by atoms with Gasteiger partial charge in [-0.2, -0.15) is 0 Å². The summed E-state index contributed by atoms with van der Waals surface area (Å²) < 4.78 is 5.78. The van der Waals surface area contributed by atoms with E-state index in [2.05, 4.69) is 34.5 Å². The van der Waals surface area contributed by atoms with Crippen molar-refractivity contribution < 1.29 is 14.6 Å². The average molecular weight is 346 g/mol. The minimum atomic E-state index is -0.263. The van der Waals surface area contributed by atoms with Crippen molar-refractivity contribution >= 4 is 5.91 Å². The van der Waals surface area contributed by atoms with E-state index in [0.717, 1.165) is 45.3 Å². The number of nitrogens with one attached hydrogen (secondary N) is 1. The third-order valence-electron chi connectivity index (χ3n) is 5.32. The molecule has 5 nitrogen and oxygen atoms in total. The van der Waals surface area contributed by atoms with E-state index in [1.807, 2.05) is 6.07 Å². The van der Waals surface area contributed by atoms with Crippen LogP contribution in [-0.2, 0) is 16.1 Å². The Morgan fingerprint density at radius 3 is 2.84 bits per heavy atom. The number of hydrogen-bond acceptors (Lipinski definition) is 4. The summed E-state index contributed by atoms with van der Waals surface area (Å²) in [5.74, 6) is 0.240. The second kappa shape index (κ2) is 9.32. The Morgan fingerprint density at radius 1 is 1.24 bits per heavy atom. The van der Waals surface area contributed by atoms with Gasteiger partial charge in [0.25, 0.3) is 0 Å². The van der Waals surface area contributed by atoms with Crippen molar-refractivity contribution in [3.05, 3.63) is 35.9 Å². The van der Waals surface area contributed by atoms with Gasteiger partial charge >= 0.3 is 0 Å². The van der Waals surface area contributed by atoms with E-state index >= 15 is 0 Å². The molecule has 0 bridgehead atoms. The van der Waals surface area contributed by atoms with E-state index in [0.29, 0.717) is 19.6 Å². The van der Waals surface area contributed by atoms with Crippen LogP contribution < -0.4 is 5.32 Å². The summed E-state index contributed by atoms with van der Waals surface area (Å²) in [6, 6.07) is 10.4. The van der Waals surface area contributed by atoms with Gasteiger partial charge in [-0.1, -0.05) is 43.2 Å². The third kappa shape index (κ3) is 5.80. The number of amides is 1. The van der Waals surface area contributed by atoms with Gasteiger partial charge in [0.05, 0.1) is 25.2 Å². The lowest BCUT2D eigenvalue weighted by atomic mass is 9.86. The van der Waals surface area contributed by atoms with Crippen molar-refractivity contribution in [2.75, 3.05) is 26.2 Å². The van der Waals surface area contributed by atoms with Gasteiger partial charge < -0.3 is 15.2 Å². The van der Waals surface area contributed by atoms with Crippen LogP contribution in [0, 0.1) is 5.92 Å². The number of benzene rings is 1. The standard InChI is InChI=1S/C20H30N2O3/c23-19-9-5-4-8-17(19)13-21-20(24)12-18-15-22(10-11-25-18)14-16-6-2-1-3-7-16/h1-3,6-7,17-19,23H,4-5,8-15H2,(H,21,24)/t17-,18+,19+/m0/s1. The van der Waals surface area contributed by atoms with E-state index in [1.165, 1.54) is 5.56 Å². The van der Waals surface area contributed by atoms with Gasteiger partial charge in [-0.15, -0.1) is 0 Å². The molecule has 2 aliphatic rings. The van der Waals surface area contributed by atoms with Crippen molar-refractivity contribution in [1.82, 2.24) is 10.2 Å². The van der Waals surface area contributed by atoms with Crippen LogP contribution in [0.2, 0.25) is 0 Å². The fourth-order valence-electron chi connectivity index (χ4n) is 3.84. The quantitative estimate of drug-likeness (QED) is 0.826. The Labute approximate surface area is 150 Å². The Hall–Kier alpha value is -1.43. The first-order valence-corrected chi connectivity index (χ1v) is 9.53. The molecule has 1 aliphatic heterocycles. The molecule has 0 aromatic heterocycles. The zero-order chi connectivity index (χ0) is 17.5. The summed E-state index contributed by atoms with van der Waals surface area (Å²) in [5, 5.41) is 13.0. The lowest BCUT2D eigenvalue weighted by Gasteiger charge is -2.33. The van der Waals surface area contributed by atoms with Gasteiger partial charge in [-0.05, 0) is 18.4 Å². The molecule has 0 unspecified atom stereocenters. The first-order valence-electron chi connectivity index (χ1n) is 9.53. The minimum Gasteiger partial charge on any atom is -0.393 e. The molecule has 1 amide bonds. The number of morpholine rings is 1. The first kappa shape index (κ1) is 18.4. The monoisotopic (exact) mass is 346 g/mol. The molecule has 2 N–H and O–H groups in total. The maximum atomic E-state index is 12.2. The van der Waals surface area contributed by atoms with Crippen LogP contribution >= 0.6 is 0 Å². The summed E-state index contributed by atoms with van der Waals surface area (Å²) in [5.41, 5.74) is 1.29. The molecule has 0 spiro atoms. The normalized spacial score (nSPS) is 27.8. The molecule has 5 heteroatoms. The molecule has 1 aromatic rings. The van der Waals surface area contributed by atoms with Crippen LogP contribution in [0.15, 0.2) is 30.3 Å². The van der Waals surface area contributed by atoms with Gasteiger partial charge in [0.2, 0.25) is 5.91 Å². The van der Waals surface area contributed by atoms with Gasteiger partial charge in [-0.25, -0.2) is 0 Å². The van der Waals surface area contributed by atoms with Crippen molar-refractivity contribution in [3.63, 3.8) is 0 Å². The fraction of sp³-hybridized carbons (Fsp3) is 0.650. The Morgan fingerprint density at radius 2 is 2.04 bits per heavy atom. The van der Waals surface area contributed by atoms with Gasteiger partial charge in [0.15, 0.2) is 0 Å². The highest BCUT2D eigenvalue weighted by Gasteiger charge is 2.25. The maximum Gasteiger partial charge on any atom is 0.222 e. The van der Waals surface area contributed by atoms with E-state index in [4.69, 9.17) is 4.74 Å². The number of rotatable bonds is 6. The Bertz CT molecular complexity index is 537. The topological polar surface area (TPSA) is 61.8 Å². The van der Waals surface area contributed by atoms with E-state index in [1.54, 1.807) is 0 Å². The zero-order valence-corrected chi connectivity index (χ0v) is 14.9. The van der Waals surface area contributed by atoms with Crippen LogP contribution in [0.4, 0.5) is 0 Å². The number of carbonyl (C=O) groups is 1. The predicted octanol–water partition coefficient (Wildman–Crippen LogP) is 1.94. The van der Waals surface area contributed by atoms with Gasteiger partial charge in [0, 0.05) is 32.1 Å². The molecule has 1 aromatic carbocycles. The molecule has 3 rings (SSSR count). The average Bonchev–Trinajstić information content (AvgIpc) is 2.62.